The fourth-order valence-corrected chi connectivity index (χ4v) is 6.18. The van der Waals surface area contributed by atoms with Crippen LogP contribution in [0, 0.1) is 0 Å². The molecule has 0 aliphatic heterocycles. The zero-order valence-electron chi connectivity index (χ0n) is 18.7. The van der Waals surface area contributed by atoms with Crippen molar-refractivity contribution >= 4 is 35.1 Å². The van der Waals surface area contributed by atoms with Crippen molar-refractivity contribution < 1.29 is 0 Å². The van der Waals surface area contributed by atoms with E-state index in [4.69, 9.17) is 4.98 Å². The number of benzene rings is 3. The predicted octanol–water partition coefficient (Wildman–Crippen LogP) is 7.09. The van der Waals surface area contributed by atoms with Gasteiger partial charge in [-0.25, -0.2) is 0 Å². The van der Waals surface area contributed by atoms with Gasteiger partial charge in [0.1, 0.15) is 0 Å². The molecule has 0 N–H and O–H groups in total. The second-order valence-electron chi connectivity index (χ2n) is 9.19. The number of fused-ring (bicyclic) bond motifs is 3. The van der Waals surface area contributed by atoms with Gasteiger partial charge in [0.25, 0.3) is 0 Å². The van der Waals surface area contributed by atoms with Crippen LogP contribution in [-0.2, 0) is 6.54 Å². The summed E-state index contributed by atoms with van der Waals surface area (Å²) in [5, 5.41) is 4.01. The van der Waals surface area contributed by atoms with E-state index in [1.54, 1.807) is 0 Å². The molecule has 0 aliphatic carbocycles. The number of para-hydroxylation sites is 2. The summed E-state index contributed by atoms with van der Waals surface area (Å²) >= 11 is 0. The number of aromatic nitrogens is 2. The summed E-state index contributed by atoms with van der Waals surface area (Å²) in [5.74, 6) is 0. The van der Waals surface area contributed by atoms with Crippen molar-refractivity contribution in [2.45, 2.75) is 33.1 Å². The van der Waals surface area contributed by atoms with Gasteiger partial charge in [-0.05, 0) is 35.4 Å². The Labute approximate surface area is 185 Å². The Bertz CT molecular complexity index is 1390. The molecule has 2 aromatic heterocycles. The van der Waals surface area contributed by atoms with E-state index >= 15 is 0 Å². The first-order valence-electron chi connectivity index (χ1n) is 11.1. The minimum absolute atomic E-state index is 0.930. The van der Waals surface area contributed by atoms with Gasteiger partial charge in [0.05, 0.1) is 19.3 Å². The fraction of sp³-hybridized carbons (Fsp3) is 0.179. The maximum Gasteiger partial charge on any atom is 0.0804 e. The third-order valence-electron chi connectivity index (χ3n) is 6.18. The molecule has 0 saturated carbocycles. The van der Waals surface area contributed by atoms with E-state index < -0.39 is 8.07 Å². The molecule has 5 aromatic rings. The van der Waals surface area contributed by atoms with Crippen molar-refractivity contribution in [1.29, 1.82) is 0 Å². The summed E-state index contributed by atoms with van der Waals surface area (Å²) in [6.45, 7) is 10.3. The van der Waals surface area contributed by atoms with E-state index in [9.17, 15) is 0 Å². The van der Waals surface area contributed by atoms with Crippen molar-refractivity contribution in [1.82, 2.24) is 9.55 Å². The predicted molar refractivity (Wildman–Crippen MR) is 137 cm³/mol. The van der Waals surface area contributed by atoms with Crippen molar-refractivity contribution in [2.24, 2.45) is 0 Å². The Kier molecular flexibility index (Phi) is 4.79. The van der Waals surface area contributed by atoms with E-state index in [0.717, 1.165) is 12.2 Å². The van der Waals surface area contributed by atoms with Gasteiger partial charge in [-0.3, -0.25) is 4.98 Å². The van der Waals surface area contributed by atoms with Gasteiger partial charge in [-0.1, -0.05) is 86.4 Å². The molecule has 0 amide bonds. The highest BCUT2D eigenvalue weighted by Crippen LogP contribution is 2.36. The molecular weight excluding hydrogens is 392 g/mol. The van der Waals surface area contributed by atoms with Gasteiger partial charge in [-0.2, -0.15) is 0 Å². The summed E-state index contributed by atoms with van der Waals surface area (Å²) < 4.78 is 2.43. The summed E-state index contributed by atoms with van der Waals surface area (Å²) in [4.78, 5) is 5.02. The molecule has 0 spiro atoms. The Morgan fingerprint density at radius 1 is 0.774 bits per heavy atom. The number of pyridine rings is 1. The third-order valence-corrected chi connectivity index (χ3v) is 8.19. The molecule has 5 rings (SSSR count). The van der Waals surface area contributed by atoms with Crippen LogP contribution >= 0.6 is 0 Å². The molecular formula is C28H28N2Si. The molecule has 3 heteroatoms. The lowest BCUT2D eigenvalue weighted by Gasteiger charge is -2.22. The average molecular weight is 421 g/mol. The van der Waals surface area contributed by atoms with Crippen LogP contribution < -0.4 is 5.19 Å². The van der Waals surface area contributed by atoms with Crippen molar-refractivity contribution in [3.05, 3.63) is 85.1 Å². The molecule has 154 valence electrons. The minimum Gasteiger partial charge on any atom is -0.340 e. The molecule has 0 aliphatic rings. The number of hydrogen-bond donors (Lipinski definition) is 0. The number of aryl methyl sites for hydroxylation is 1. The quantitative estimate of drug-likeness (QED) is 0.284. The molecule has 3 aromatic carbocycles. The number of rotatable bonds is 4. The first-order valence-corrected chi connectivity index (χ1v) is 14.6. The molecule has 0 bridgehead atoms. The van der Waals surface area contributed by atoms with Crippen molar-refractivity contribution in [2.75, 3.05) is 0 Å². The van der Waals surface area contributed by atoms with Gasteiger partial charge in [0.2, 0.25) is 0 Å². The van der Waals surface area contributed by atoms with Crippen molar-refractivity contribution in [3.8, 4) is 22.4 Å². The highest BCUT2D eigenvalue weighted by Gasteiger charge is 2.23. The Balaban J connectivity index is 1.82. The molecule has 2 nitrogen and oxygen atoms in total. The van der Waals surface area contributed by atoms with Crippen LogP contribution in [0.2, 0.25) is 19.6 Å². The van der Waals surface area contributed by atoms with Crippen LogP contribution in [0.1, 0.15) is 6.92 Å². The van der Waals surface area contributed by atoms with E-state index in [2.05, 4.69) is 116 Å². The first kappa shape index (κ1) is 19.8. The molecule has 0 fully saturated rings. The van der Waals surface area contributed by atoms with E-state index in [1.807, 2.05) is 0 Å². The summed E-state index contributed by atoms with van der Waals surface area (Å²) in [6, 6.07) is 28.4. The molecule has 0 radical (unpaired) electrons. The van der Waals surface area contributed by atoms with E-state index in [0.29, 0.717) is 0 Å². The summed E-state index contributed by atoms with van der Waals surface area (Å²) in [5.41, 5.74) is 7.40. The van der Waals surface area contributed by atoms with Gasteiger partial charge in [0, 0.05) is 34.6 Å². The highest BCUT2D eigenvalue weighted by atomic mass is 28.3. The van der Waals surface area contributed by atoms with E-state index in [-0.39, 0.29) is 0 Å². The van der Waals surface area contributed by atoms with Crippen LogP contribution in [-0.4, -0.2) is 17.6 Å². The Morgan fingerprint density at radius 2 is 1.48 bits per heavy atom. The lowest BCUT2D eigenvalue weighted by molar-refractivity contribution is 0.827. The third kappa shape index (κ3) is 3.30. The van der Waals surface area contributed by atoms with Crippen LogP contribution in [0.25, 0.3) is 44.2 Å². The van der Waals surface area contributed by atoms with Crippen LogP contribution in [0.15, 0.2) is 85.1 Å². The lowest BCUT2D eigenvalue weighted by Crippen LogP contribution is -2.39. The fourth-order valence-electron chi connectivity index (χ4n) is 4.70. The molecule has 0 unspecified atom stereocenters. The van der Waals surface area contributed by atoms with Gasteiger partial charge in [0.15, 0.2) is 0 Å². The normalized spacial score (nSPS) is 12.0. The molecule has 2 heterocycles. The monoisotopic (exact) mass is 420 g/mol. The second kappa shape index (κ2) is 7.51. The second-order valence-corrected chi connectivity index (χ2v) is 14.2. The zero-order valence-corrected chi connectivity index (χ0v) is 19.7. The van der Waals surface area contributed by atoms with E-state index in [1.165, 1.54) is 43.7 Å². The zero-order chi connectivity index (χ0) is 21.6. The van der Waals surface area contributed by atoms with Crippen LogP contribution in [0.5, 0.6) is 0 Å². The van der Waals surface area contributed by atoms with Gasteiger partial charge >= 0.3 is 0 Å². The molecule has 0 saturated heterocycles. The Hall–Kier alpha value is -3.17. The summed E-state index contributed by atoms with van der Waals surface area (Å²) in [7, 11) is -1.55. The minimum atomic E-state index is -1.55. The highest BCUT2D eigenvalue weighted by molar-refractivity contribution is 6.89. The smallest absolute Gasteiger partial charge is 0.0804 e. The Morgan fingerprint density at radius 3 is 2.23 bits per heavy atom. The van der Waals surface area contributed by atoms with Gasteiger partial charge < -0.3 is 4.57 Å². The maximum absolute atomic E-state index is 5.02. The maximum atomic E-state index is 5.02. The molecule has 0 atom stereocenters. The topological polar surface area (TPSA) is 17.8 Å². The summed E-state index contributed by atoms with van der Waals surface area (Å²) in [6.07, 6.45) is 2.14. The van der Waals surface area contributed by atoms with Crippen LogP contribution in [0.3, 0.4) is 0 Å². The first-order chi connectivity index (χ1) is 15.0. The number of hydrogen-bond acceptors (Lipinski definition) is 1. The number of nitrogens with zero attached hydrogens (tertiary/aromatic N) is 2. The lowest BCUT2D eigenvalue weighted by atomic mass is 10.0. The van der Waals surface area contributed by atoms with Crippen molar-refractivity contribution in [3.63, 3.8) is 0 Å². The van der Waals surface area contributed by atoms with Crippen LogP contribution in [0.4, 0.5) is 0 Å². The average Bonchev–Trinajstić information content (AvgIpc) is 3.12. The molecule has 31 heavy (non-hydrogen) atoms. The van der Waals surface area contributed by atoms with Gasteiger partial charge in [-0.15, -0.1) is 0 Å². The largest absolute Gasteiger partial charge is 0.340 e. The SMILES string of the molecule is CCn1c2ccccc2c2cccc(-c3cc(-c4ccccc4)c([Si](C)(C)C)cn3)c21. The standard InChI is InChI=1S/C28H28N2Si/c1-5-30-26-17-10-9-14-21(26)22-15-11-16-23(28(22)30)25-18-24(20-12-7-6-8-13-20)27(19-29-25)31(2,3)4/h6-19H,5H2,1-4H3.